The average Bonchev–Trinajstić information content (AvgIpc) is 2.79. The van der Waals surface area contributed by atoms with Crippen LogP contribution in [0.25, 0.3) is 0 Å². The second-order valence-electron chi connectivity index (χ2n) is 5.16. The molecule has 7 heteroatoms. The molecule has 0 aromatic heterocycles. The van der Waals surface area contributed by atoms with Crippen molar-refractivity contribution in [2.45, 2.75) is 50.5 Å². The molecular weight excluding hydrogens is 256 g/mol. The number of nitrogens with one attached hydrogen (secondary N) is 1. The first kappa shape index (κ1) is 13.8. The zero-order valence-corrected chi connectivity index (χ0v) is 11.2. The lowest BCUT2D eigenvalue weighted by molar-refractivity contribution is -0.143. The van der Waals surface area contributed by atoms with Crippen molar-refractivity contribution >= 4 is 16.2 Å². The third-order valence-corrected chi connectivity index (χ3v) is 5.54. The van der Waals surface area contributed by atoms with Crippen molar-refractivity contribution < 1.29 is 18.3 Å². The van der Waals surface area contributed by atoms with Crippen molar-refractivity contribution in [3.05, 3.63) is 0 Å². The lowest BCUT2D eigenvalue weighted by atomic mass is 10.0. The van der Waals surface area contributed by atoms with E-state index in [4.69, 9.17) is 0 Å². The molecule has 0 spiro atoms. The van der Waals surface area contributed by atoms with Crippen LogP contribution in [0, 0.1) is 0 Å². The molecule has 2 fully saturated rings. The summed E-state index contributed by atoms with van der Waals surface area (Å²) in [5, 5.41) is 9.28. The first-order valence-corrected chi connectivity index (χ1v) is 7.93. The lowest BCUT2D eigenvalue weighted by Crippen LogP contribution is -2.57. The fourth-order valence-electron chi connectivity index (χ4n) is 2.75. The Morgan fingerprint density at radius 1 is 1.06 bits per heavy atom. The summed E-state index contributed by atoms with van der Waals surface area (Å²) in [4.78, 5) is 11.3. The Labute approximate surface area is 108 Å². The van der Waals surface area contributed by atoms with Gasteiger partial charge in [0.25, 0.3) is 10.2 Å². The zero-order valence-electron chi connectivity index (χ0n) is 10.4. The molecule has 2 rings (SSSR count). The average molecular weight is 276 g/mol. The van der Waals surface area contributed by atoms with Gasteiger partial charge < -0.3 is 5.11 Å². The minimum Gasteiger partial charge on any atom is -0.480 e. The molecule has 18 heavy (non-hydrogen) atoms. The number of rotatable bonds is 4. The molecule has 1 aliphatic carbocycles. The Hall–Kier alpha value is -0.660. The standard InChI is InChI=1S/C11H20N2O4S/c14-10(15)11(6-2-3-7-11)12-18(16,17)13-8-4-1-5-9-13/h12H,1-9H2,(H,14,15). The van der Waals surface area contributed by atoms with Gasteiger partial charge in [-0.1, -0.05) is 19.3 Å². The largest absolute Gasteiger partial charge is 0.480 e. The molecule has 0 unspecified atom stereocenters. The van der Waals surface area contributed by atoms with Gasteiger partial charge in [-0.3, -0.25) is 4.79 Å². The molecule has 0 amide bonds. The first-order valence-electron chi connectivity index (χ1n) is 6.49. The predicted molar refractivity (Wildman–Crippen MR) is 66.3 cm³/mol. The second-order valence-corrected chi connectivity index (χ2v) is 6.83. The molecule has 6 nitrogen and oxygen atoms in total. The number of nitrogens with zero attached hydrogens (tertiary/aromatic N) is 1. The zero-order chi connectivity index (χ0) is 13.2. The normalized spacial score (nSPS) is 25.1. The molecule has 1 aliphatic heterocycles. The number of hydrogen-bond donors (Lipinski definition) is 2. The molecule has 104 valence electrons. The number of aliphatic carboxylic acids is 1. The van der Waals surface area contributed by atoms with Crippen LogP contribution < -0.4 is 4.72 Å². The highest BCUT2D eigenvalue weighted by Gasteiger charge is 2.45. The van der Waals surface area contributed by atoms with E-state index >= 15 is 0 Å². The van der Waals surface area contributed by atoms with Gasteiger partial charge in [0, 0.05) is 13.1 Å². The highest BCUT2D eigenvalue weighted by molar-refractivity contribution is 7.87. The molecule has 2 aliphatic rings. The van der Waals surface area contributed by atoms with E-state index in [1.165, 1.54) is 4.31 Å². The number of piperidine rings is 1. The highest BCUT2D eigenvalue weighted by atomic mass is 32.2. The van der Waals surface area contributed by atoms with Crippen molar-refractivity contribution in [2.24, 2.45) is 0 Å². The molecule has 0 aromatic rings. The van der Waals surface area contributed by atoms with Gasteiger partial charge in [-0.15, -0.1) is 0 Å². The molecule has 0 bridgehead atoms. The Balaban J connectivity index is 2.12. The number of hydrogen-bond acceptors (Lipinski definition) is 3. The quantitative estimate of drug-likeness (QED) is 0.791. The summed E-state index contributed by atoms with van der Waals surface area (Å²) >= 11 is 0. The van der Waals surface area contributed by atoms with E-state index in [1.807, 2.05) is 0 Å². The molecule has 1 saturated carbocycles. The van der Waals surface area contributed by atoms with E-state index in [1.54, 1.807) is 0 Å². The van der Waals surface area contributed by atoms with E-state index in [-0.39, 0.29) is 0 Å². The smallest absolute Gasteiger partial charge is 0.324 e. The maximum Gasteiger partial charge on any atom is 0.324 e. The van der Waals surface area contributed by atoms with Crippen LogP contribution in [0.4, 0.5) is 0 Å². The van der Waals surface area contributed by atoms with E-state index in [0.29, 0.717) is 25.9 Å². The van der Waals surface area contributed by atoms with E-state index in [0.717, 1.165) is 32.1 Å². The minimum absolute atomic E-state index is 0.384. The molecular formula is C11H20N2O4S. The first-order chi connectivity index (χ1) is 8.46. The van der Waals surface area contributed by atoms with Crippen LogP contribution in [-0.2, 0) is 15.0 Å². The van der Waals surface area contributed by atoms with Crippen molar-refractivity contribution in [3.63, 3.8) is 0 Å². The van der Waals surface area contributed by atoms with Crippen molar-refractivity contribution in [1.82, 2.24) is 9.03 Å². The van der Waals surface area contributed by atoms with Crippen molar-refractivity contribution in [3.8, 4) is 0 Å². The topological polar surface area (TPSA) is 86.7 Å². The van der Waals surface area contributed by atoms with Crippen LogP contribution >= 0.6 is 0 Å². The van der Waals surface area contributed by atoms with Gasteiger partial charge in [0.05, 0.1) is 0 Å². The Morgan fingerprint density at radius 2 is 1.61 bits per heavy atom. The fourth-order valence-corrected chi connectivity index (χ4v) is 4.41. The van der Waals surface area contributed by atoms with Gasteiger partial charge in [0.1, 0.15) is 5.54 Å². The molecule has 2 N–H and O–H groups in total. The fraction of sp³-hybridized carbons (Fsp3) is 0.909. The summed E-state index contributed by atoms with van der Waals surface area (Å²) in [5.41, 5.74) is -1.28. The summed E-state index contributed by atoms with van der Waals surface area (Å²) in [6.07, 6.45) is 5.02. The van der Waals surface area contributed by atoms with E-state index in [2.05, 4.69) is 4.72 Å². The van der Waals surface area contributed by atoms with E-state index < -0.39 is 21.7 Å². The van der Waals surface area contributed by atoms with Gasteiger partial charge >= 0.3 is 5.97 Å². The van der Waals surface area contributed by atoms with Gasteiger partial charge in [-0.25, -0.2) is 0 Å². The summed E-state index contributed by atoms with van der Waals surface area (Å²) in [5.74, 6) is -1.06. The molecule has 1 heterocycles. The van der Waals surface area contributed by atoms with Gasteiger partial charge in [0.15, 0.2) is 0 Å². The van der Waals surface area contributed by atoms with Crippen molar-refractivity contribution in [2.75, 3.05) is 13.1 Å². The number of carboxylic acid groups (broad SMARTS) is 1. The number of carbonyl (C=O) groups is 1. The Morgan fingerprint density at radius 3 is 2.11 bits per heavy atom. The van der Waals surface area contributed by atoms with Gasteiger partial charge in [-0.05, 0) is 25.7 Å². The van der Waals surface area contributed by atoms with Crippen LogP contribution in [0.1, 0.15) is 44.9 Å². The monoisotopic (exact) mass is 276 g/mol. The molecule has 0 aromatic carbocycles. The molecule has 0 atom stereocenters. The van der Waals surface area contributed by atoms with Gasteiger partial charge in [0.2, 0.25) is 0 Å². The SMILES string of the molecule is O=C(O)C1(NS(=O)(=O)N2CCCCC2)CCCC1. The summed E-state index contributed by atoms with van der Waals surface area (Å²) in [6, 6.07) is 0. The summed E-state index contributed by atoms with van der Waals surface area (Å²) in [6.45, 7) is 0.982. The van der Waals surface area contributed by atoms with Crippen LogP contribution in [0.3, 0.4) is 0 Å². The molecule has 0 radical (unpaired) electrons. The van der Waals surface area contributed by atoms with Gasteiger partial charge in [-0.2, -0.15) is 17.4 Å². The minimum atomic E-state index is -3.67. The lowest BCUT2D eigenvalue weighted by Gasteiger charge is -2.31. The third kappa shape index (κ3) is 2.67. The Bertz CT molecular complexity index is 409. The molecule has 1 saturated heterocycles. The maximum atomic E-state index is 12.2. The van der Waals surface area contributed by atoms with Crippen LogP contribution in [-0.4, -0.2) is 42.4 Å². The second kappa shape index (κ2) is 5.14. The Kier molecular flexibility index (Phi) is 3.93. The summed E-state index contributed by atoms with van der Waals surface area (Å²) < 4.78 is 28.2. The predicted octanol–water partition coefficient (Wildman–Crippen LogP) is 0.704. The van der Waals surface area contributed by atoms with Crippen LogP contribution in [0.15, 0.2) is 0 Å². The highest BCUT2D eigenvalue weighted by Crippen LogP contribution is 2.31. The van der Waals surface area contributed by atoms with Crippen LogP contribution in [0.5, 0.6) is 0 Å². The maximum absolute atomic E-state index is 12.2. The van der Waals surface area contributed by atoms with E-state index in [9.17, 15) is 18.3 Å². The summed E-state index contributed by atoms with van der Waals surface area (Å²) in [7, 11) is -3.67. The van der Waals surface area contributed by atoms with Crippen LogP contribution in [0.2, 0.25) is 0 Å². The third-order valence-electron chi connectivity index (χ3n) is 3.85. The number of carboxylic acids is 1. The van der Waals surface area contributed by atoms with Crippen molar-refractivity contribution in [1.29, 1.82) is 0 Å².